The molecule has 1 saturated heterocycles. The van der Waals surface area contributed by atoms with Gasteiger partial charge in [-0.2, -0.15) is 4.31 Å². The predicted octanol–water partition coefficient (Wildman–Crippen LogP) is 1.33. The second-order valence-corrected chi connectivity index (χ2v) is 7.05. The fourth-order valence-corrected chi connectivity index (χ4v) is 4.36. The lowest BCUT2D eigenvalue weighted by molar-refractivity contribution is -0.139. The molecule has 1 aromatic heterocycles. The first-order valence-corrected chi connectivity index (χ1v) is 7.97. The largest absolute Gasteiger partial charge is 0.481 e. The summed E-state index contributed by atoms with van der Waals surface area (Å²) in [6, 6.07) is 6.75. The number of hydrogen-bond donors (Lipinski definition) is 1. The fraction of sp³-hybridized carbons (Fsp3) is 0.286. The second kappa shape index (κ2) is 5.09. The third-order valence-electron chi connectivity index (χ3n) is 3.65. The van der Waals surface area contributed by atoms with E-state index < -0.39 is 16.0 Å². The van der Waals surface area contributed by atoms with Crippen LogP contribution in [-0.2, 0) is 14.8 Å². The van der Waals surface area contributed by atoms with Crippen molar-refractivity contribution in [1.82, 2.24) is 9.29 Å². The van der Waals surface area contributed by atoms with Crippen molar-refractivity contribution >= 4 is 26.8 Å². The highest BCUT2D eigenvalue weighted by Gasteiger charge is 2.38. The number of aliphatic carboxylic acids is 1. The SMILES string of the molecule is O=C(O)CC1CN(S(=O)(=O)c2cccc3cnccc23)C1. The van der Waals surface area contributed by atoms with Gasteiger partial charge in [-0.15, -0.1) is 0 Å². The van der Waals surface area contributed by atoms with Gasteiger partial charge in [0.1, 0.15) is 0 Å². The number of rotatable bonds is 4. The molecule has 1 N–H and O–H groups in total. The lowest BCUT2D eigenvalue weighted by Gasteiger charge is -2.37. The highest BCUT2D eigenvalue weighted by molar-refractivity contribution is 7.89. The van der Waals surface area contributed by atoms with Crippen LogP contribution in [0, 0.1) is 5.92 Å². The zero-order valence-corrected chi connectivity index (χ0v) is 12.0. The quantitative estimate of drug-likeness (QED) is 0.920. The summed E-state index contributed by atoms with van der Waals surface area (Å²) < 4.78 is 26.6. The number of hydrogen-bond acceptors (Lipinski definition) is 4. The molecule has 1 aliphatic heterocycles. The van der Waals surface area contributed by atoms with E-state index in [0.717, 1.165) is 5.39 Å². The molecule has 1 aliphatic rings. The van der Waals surface area contributed by atoms with Crippen molar-refractivity contribution < 1.29 is 18.3 Å². The number of sulfonamides is 1. The van der Waals surface area contributed by atoms with E-state index in [2.05, 4.69) is 4.98 Å². The molecule has 3 rings (SSSR count). The molecule has 1 aromatic carbocycles. The number of nitrogens with zero attached hydrogens (tertiary/aromatic N) is 2. The smallest absolute Gasteiger partial charge is 0.303 e. The number of benzene rings is 1. The summed E-state index contributed by atoms with van der Waals surface area (Å²) in [5.41, 5.74) is 0. The summed E-state index contributed by atoms with van der Waals surface area (Å²) in [6.07, 6.45) is 3.19. The van der Waals surface area contributed by atoms with Crippen LogP contribution >= 0.6 is 0 Å². The molecule has 0 bridgehead atoms. The van der Waals surface area contributed by atoms with Crippen molar-refractivity contribution in [3.8, 4) is 0 Å². The first kappa shape index (κ1) is 14.0. The van der Waals surface area contributed by atoms with E-state index in [-0.39, 0.29) is 30.3 Å². The van der Waals surface area contributed by atoms with Crippen LogP contribution in [0.4, 0.5) is 0 Å². The van der Waals surface area contributed by atoms with Gasteiger partial charge in [-0.05, 0) is 18.1 Å². The van der Waals surface area contributed by atoms with Gasteiger partial charge in [0.15, 0.2) is 0 Å². The highest BCUT2D eigenvalue weighted by Crippen LogP contribution is 2.30. The van der Waals surface area contributed by atoms with E-state index in [0.29, 0.717) is 5.39 Å². The van der Waals surface area contributed by atoms with Crippen LogP contribution in [0.3, 0.4) is 0 Å². The molecule has 0 aliphatic carbocycles. The van der Waals surface area contributed by atoms with Gasteiger partial charge in [0.25, 0.3) is 0 Å². The second-order valence-electron chi connectivity index (χ2n) is 5.14. The van der Waals surface area contributed by atoms with Crippen LogP contribution in [0.25, 0.3) is 10.8 Å². The molecule has 0 saturated carbocycles. The predicted molar refractivity (Wildman–Crippen MR) is 76.2 cm³/mol. The molecule has 2 heterocycles. The van der Waals surface area contributed by atoms with Gasteiger partial charge in [-0.25, -0.2) is 8.42 Å². The van der Waals surface area contributed by atoms with Crippen molar-refractivity contribution in [3.05, 3.63) is 36.7 Å². The Balaban J connectivity index is 1.90. The Morgan fingerprint density at radius 3 is 2.81 bits per heavy atom. The van der Waals surface area contributed by atoms with Crippen molar-refractivity contribution in [2.24, 2.45) is 5.92 Å². The summed E-state index contributed by atoms with van der Waals surface area (Å²) in [5, 5.41) is 10.1. The Hall–Kier alpha value is -1.99. The number of pyridine rings is 1. The molecule has 0 radical (unpaired) electrons. The van der Waals surface area contributed by atoms with E-state index in [1.54, 1.807) is 30.6 Å². The molecule has 6 nitrogen and oxygen atoms in total. The number of aromatic nitrogens is 1. The van der Waals surface area contributed by atoms with Crippen LogP contribution in [0.15, 0.2) is 41.6 Å². The lowest BCUT2D eigenvalue weighted by Crippen LogP contribution is -2.50. The average molecular weight is 306 g/mol. The summed E-state index contributed by atoms with van der Waals surface area (Å²) in [6.45, 7) is 0.520. The molecule has 21 heavy (non-hydrogen) atoms. The van der Waals surface area contributed by atoms with Crippen molar-refractivity contribution in [2.45, 2.75) is 11.3 Å². The normalized spacial score (nSPS) is 16.8. The van der Waals surface area contributed by atoms with Crippen molar-refractivity contribution in [3.63, 3.8) is 0 Å². The van der Waals surface area contributed by atoms with Crippen LogP contribution in [0.1, 0.15) is 6.42 Å². The topological polar surface area (TPSA) is 87.6 Å². The van der Waals surface area contributed by atoms with E-state index >= 15 is 0 Å². The van der Waals surface area contributed by atoms with E-state index in [4.69, 9.17) is 5.11 Å². The van der Waals surface area contributed by atoms with Gasteiger partial charge in [0.05, 0.1) is 11.3 Å². The van der Waals surface area contributed by atoms with Gasteiger partial charge in [-0.1, -0.05) is 12.1 Å². The summed E-state index contributed by atoms with van der Waals surface area (Å²) in [7, 11) is -3.58. The first-order chi connectivity index (χ1) is 9.98. The maximum atomic E-state index is 12.6. The molecule has 7 heteroatoms. The Bertz CT molecular complexity index is 792. The van der Waals surface area contributed by atoms with Crippen LogP contribution < -0.4 is 0 Å². The van der Waals surface area contributed by atoms with Crippen molar-refractivity contribution in [1.29, 1.82) is 0 Å². The van der Waals surface area contributed by atoms with Gasteiger partial charge in [0.2, 0.25) is 10.0 Å². The third-order valence-corrected chi connectivity index (χ3v) is 5.54. The minimum Gasteiger partial charge on any atom is -0.481 e. The fourth-order valence-electron chi connectivity index (χ4n) is 2.55. The molecule has 0 amide bonds. The van der Waals surface area contributed by atoms with E-state index in [9.17, 15) is 13.2 Å². The minimum absolute atomic E-state index is 0.00543. The van der Waals surface area contributed by atoms with E-state index in [1.165, 1.54) is 4.31 Å². The Morgan fingerprint density at radius 1 is 1.33 bits per heavy atom. The zero-order chi connectivity index (χ0) is 15.0. The Kier molecular flexibility index (Phi) is 3.38. The molecule has 1 fully saturated rings. The molecular weight excluding hydrogens is 292 g/mol. The van der Waals surface area contributed by atoms with Gasteiger partial charge in [0, 0.05) is 36.3 Å². The lowest BCUT2D eigenvalue weighted by atomic mass is 10.00. The molecular formula is C14H14N2O4S. The Labute approximate surface area is 122 Å². The standard InChI is InChI=1S/C14H14N2O4S/c17-14(18)6-10-8-16(9-10)21(19,20)13-3-1-2-11-7-15-5-4-12(11)13/h1-5,7,10H,6,8-9H2,(H,17,18). The average Bonchev–Trinajstić information content (AvgIpc) is 2.41. The first-order valence-electron chi connectivity index (χ1n) is 6.53. The molecule has 0 unspecified atom stereocenters. The van der Waals surface area contributed by atoms with Crippen molar-refractivity contribution in [2.75, 3.05) is 13.1 Å². The molecule has 0 atom stereocenters. The molecule has 2 aromatic rings. The molecule has 0 spiro atoms. The maximum absolute atomic E-state index is 12.6. The zero-order valence-electron chi connectivity index (χ0n) is 11.1. The monoisotopic (exact) mass is 306 g/mol. The van der Waals surface area contributed by atoms with Gasteiger partial charge >= 0.3 is 5.97 Å². The minimum atomic E-state index is -3.58. The number of fused-ring (bicyclic) bond motifs is 1. The van der Waals surface area contributed by atoms with Crippen LogP contribution in [0.5, 0.6) is 0 Å². The number of carboxylic acids is 1. The van der Waals surface area contributed by atoms with Crippen LogP contribution in [-0.4, -0.2) is 41.9 Å². The summed E-state index contributed by atoms with van der Waals surface area (Å²) in [5.74, 6) is -0.998. The van der Waals surface area contributed by atoms with E-state index in [1.807, 2.05) is 6.07 Å². The maximum Gasteiger partial charge on any atom is 0.303 e. The number of carboxylic acid groups (broad SMARTS) is 1. The molecule has 110 valence electrons. The number of carbonyl (C=O) groups is 1. The summed E-state index contributed by atoms with van der Waals surface area (Å²) in [4.78, 5) is 14.9. The summed E-state index contributed by atoms with van der Waals surface area (Å²) >= 11 is 0. The highest BCUT2D eigenvalue weighted by atomic mass is 32.2. The van der Waals surface area contributed by atoms with Crippen LogP contribution in [0.2, 0.25) is 0 Å². The Morgan fingerprint density at radius 2 is 2.10 bits per heavy atom. The van der Waals surface area contributed by atoms with Gasteiger partial charge in [-0.3, -0.25) is 9.78 Å². The third kappa shape index (κ3) is 2.50. The van der Waals surface area contributed by atoms with Gasteiger partial charge < -0.3 is 5.11 Å².